The zero-order chi connectivity index (χ0) is 26.0. The van der Waals surface area contributed by atoms with Crippen molar-refractivity contribution in [2.24, 2.45) is 5.73 Å². The largest absolute Gasteiger partial charge is 0.459 e. The third-order valence-corrected chi connectivity index (χ3v) is 5.86. The Morgan fingerprint density at radius 2 is 1.17 bits per heavy atom. The lowest BCUT2D eigenvalue weighted by Gasteiger charge is -2.32. The molecule has 0 bridgehead atoms. The molecular formula is C26H53N3O6. The number of aliphatic hydroxyl groups is 2. The number of esters is 2. The van der Waals surface area contributed by atoms with Crippen LogP contribution in [0.4, 0.5) is 0 Å². The Morgan fingerprint density at radius 1 is 0.743 bits per heavy atom. The molecule has 0 aromatic carbocycles. The summed E-state index contributed by atoms with van der Waals surface area (Å²) in [6.07, 6.45) is 18.7. The lowest BCUT2D eigenvalue weighted by Crippen LogP contribution is -2.66. The summed E-state index contributed by atoms with van der Waals surface area (Å²) in [5, 5.41) is 23.7. The van der Waals surface area contributed by atoms with Gasteiger partial charge in [0, 0.05) is 26.1 Å². The fourth-order valence-corrected chi connectivity index (χ4v) is 3.90. The molecule has 0 saturated carbocycles. The van der Waals surface area contributed by atoms with E-state index in [0.717, 1.165) is 19.3 Å². The van der Waals surface area contributed by atoms with E-state index in [1.165, 1.54) is 70.6 Å². The van der Waals surface area contributed by atoms with Crippen LogP contribution < -0.4 is 16.4 Å². The summed E-state index contributed by atoms with van der Waals surface area (Å²) in [4.78, 5) is 25.0. The van der Waals surface area contributed by atoms with E-state index in [2.05, 4.69) is 17.6 Å². The number of ether oxygens (including phenoxy) is 2. The molecule has 0 aromatic rings. The Labute approximate surface area is 212 Å². The van der Waals surface area contributed by atoms with E-state index in [4.69, 9.17) is 25.4 Å². The van der Waals surface area contributed by atoms with Crippen LogP contribution in [0, 0.1) is 0 Å². The number of carbonyl (C=O) groups excluding carboxylic acids is 2. The lowest BCUT2D eigenvalue weighted by molar-refractivity contribution is -0.193. The monoisotopic (exact) mass is 503 g/mol. The number of unbranched alkanes of at least 4 members (excludes halogenated alkanes) is 14. The molecule has 0 aliphatic heterocycles. The molecule has 0 unspecified atom stereocenters. The van der Waals surface area contributed by atoms with Gasteiger partial charge in [-0.25, -0.2) is 4.79 Å². The highest BCUT2D eigenvalue weighted by Gasteiger charge is 2.43. The van der Waals surface area contributed by atoms with Crippen LogP contribution in [0.25, 0.3) is 0 Å². The third kappa shape index (κ3) is 18.6. The molecule has 0 saturated heterocycles. The van der Waals surface area contributed by atoms with E-state index in [9.17, 15) is 9.59 Å². The molecule has 0 radical (unpaired) electrons. The SMILES string of the molecule is CCCCCCCCCCCCCCCCCC(=O)OC(NCCO)(NCCO)C(=O)OCCN. The summed E-state index contributed by atoms with van der Waals surface area (Å²) in [5.41, 5.74) is 5.39. The number of aliphatic hydroxyl groups excluding tert-OH is 2. The zero-order valence-electron chi connectivity index (χ0n) is 22.2. The fourth-order valence-electron chi connectivity index (χ4n) is 3.90. The summed E-state index contributed by atoms with van der Waals surface area (Å²) < 4.78 is 10.5. The maximum absolute atomic E-state index is 12.5. The quantitative estimate of drug-likeness (QED) is 0.0683. The van der Waals surface area contributed by atoms with Crippen molar-refractivity contribution in [2.75, 3.05) is 39.5 Å². The van der Waals surface area contributed by atoms with E-state index in [0.29, 0.717) is 6.42 Å². The van der Waals surface area contributed by atoms with Crippen molar-refractivity contribution in [2.45, 2.75) is 116 Å². The van der Waals surface area contributed by atoms with Gasteiger partial charge in [-0.1, -0.05) is 96.8 Å². The number of hydrogen-bond acceptors (Lipinski definition) is 9. The van der Waals surface area contributed by atoms with E-state index in [1.54, 1.807) is 0 Å². The summed E-state index contributed by atoms with van der Waals surface area (Å²) in [6.45, 7) is 1.76. The van der Waals surface area contributed by atoms with Crippen molar-refractivity contribution in [3.05, 3.63) is 0 Å². The first-order chi connectivity index (χ1) is 17.1. The van der Waals surface area contributed by atoms with E-state index in [-0.39, 0.29) is 45.9 Å². The molecule has 9 heteroatoms. The number of nitrogens with two attached hydrogens (primary N) is 1. The topological polar surface area (TPSA) is 143 Å². The van der Waals surface area contributed by atoms with Gasteiger partial charge in [-0.05, 0) is 6.42 Å². The summed E-state index contributed by atoms with van der Waals surface area (Å²) in [7, 11) is 0. The standard InChI is InChI=1S/C26H53N3O6/c1-2-3-4-5-6-7-8-9-10-11-12-13-14-15-16-17-24(32)35-26(28-19-21-30,29-20-22-31)25(33)34-23-18-27/h28-31H,2-23,27H2,1H3. The van der Waals surface area contributed by atoms with Crippen molar-refractivity contribution < 1.29 is 29.3 Å². The van der Waals surface area contributed by atoms with Crippen LogP contribution in [0.3, 0.4) is 0 Å². The number of nitrogens with one attached hydrogen (secondary N) is 2. The fraction of sp³-hybridized carbons (Fsp3) is 0.923. The maximum atomic E-state index is 12.5. The van der Waals surface area contributed by atoms with Gasteiger partial charge in [-0.3, -0.25) is 15.4 Å². The molecule has 0 spiro atoms. The number of rotatable bonds is 26. The van der Waals surface area contributed by atoms with Gasteiger partial charge in [0.05, 0.1) is 13.2 Å². The molecule has 208 valence electrons. The predicted molar refractivity (Wildman–Crippen MR) is 139 cm³/mol. The van der Waals surface area contributed by atoms with Crippen molar-refractivity contribution >= 4 is 11.9 Å². The Kier molecular flexibility index (Phi) is 23.6. The lowest BCUT2D eigenvalue weighted by atomic mass is 10.0. The second-order valence-corrected chi connectivity index (χ2v) is 9.08. The van der Waals surface area contributed by atoms with Crippen molar-refractivity contribution in [3.8, 4) is 0 Å². The van der Waals surface area contributed by atoms with Crippen LogP contribution in [-0.2, 0) is 19.1 Å². The van der Waals surface area contributed by atoms with Crippen LogP contribution in [0.1, 0.15) is 110 Å². The van der Waals surface area contributed by atoms with Crippen LogP contribution >= 0.6 is 0 Å². The minimum Gasteiger partial charge on any atom is -0.459 e. The minimum absolute atomic E-state index is 0.0115. The Balaban J connectivity index is 4.08. The maximum Gasteiger partial charge on any atom is 0.383 e. The third-order valence-electron chi connectivity index (χ3n) is 5.86. The molecule has 0 aliphatic carbocycles. The zero-order valence-corrected chi connectivity index (χ0v) is 22.2. The van der Waals surface area contributed by atoms with Crippen LogP contribution in [0.5, 0.6) is 0 Å². The highest BCUT2D eigenvalue weighted by molar-refractivity contribution is 5.82. The summed E-state index contributed by atoms with van der Waals surface area (Å²) >= 11 is 0. The first-order valence-electron chi connectivity index (χ1n) is 13.9. The predicted octanol–water partition coefficient (Wildman–Crippen LogP) is 3.11. The summed E-state index contributed by atoms with van der Waals surface area (Å²) in [5.74, 6) is -3.39. The Bertz CT molecular complexity index is 499. The van der Waals surface area contributed by atoms with Crippen molar-refractivity contribution in [1.82, 2.24) is 10.6 Å². The second-order valence-electron chi connectivity index (χ2n) is 9.08. The normalized spacial score (nSPS) is 11.5. The van der Waals surface area contributed by atoms with Crippen LogP contribution in [-0.4, -0.2) is 67.5 Å². The second kappa shape index (κ2) is 24.4. The molecule has 6 N–H and O–H groups in total. The van der Waals surface area contributed by atoms with Gasteiger partial charge in [-0.2, -0.15) is 0 Å². The highest BCUT2D eigenvalue weighted by Crippen LogP contribution is 2.15. The Morgan fingerprint density at radius 3 is 1.57 bits per heavy atom. The van der Waals surface area contributed by atoms with Gasteiger partial charge in [0.15, 0.2) is 0 Å². The Hall–Kier alpha value is -1.26. The van der Waals surface area contributed by atoms with Gasteiger partial charge < -0.3 is 25.4 Å². The van der Waals surface area contributed by atoms with E-state index < -0.39 is 17.8 Å². The van der Waals surface area contributed by atoms with Crippen LogP contribution in [0.2, 0.25) is 0 Å². The number of carbonyl (C=O) groups is 2. The summed E-state index contributed by atoms with van der Waals surface area (Å²) in [6, 6.07) is 0. The van der Waals surface area contributed by atoms with Gasteiger partial charge in [0.2, 0.25) is 0 Å². The molecule has 0 aliphatic rings. The first kappa shape index (κ1) is 33.7. The minimum atomic E-state index is -1.97. The van der Waals surface area contributed by atoms with Gasteiger partial charge in [0.1, 0.15) is 6.61 Å². The molecule has 35 heavy (non-hydrogen) atoms. The average Bonchev–Trinajstić information content (AvgIpc) is 2.86. The highest BCUT2D eigenvalue weighted by atomic mass is 16.6. The van der Waals surface area contributed by atoms with E-state index >= 15 is 0 Å². The molecule has 0 atom stereocenters. The molecule has 9 nitrogen and oxygen atoms in total. The van der Waals surface area contributed by atoms with E-state index in [1.807, 2.05) is 0 Å². The molecule has 0 heterocycles. The number of hydrogen-bond donors (Lipinski definition) is 5. The van der Waals surface area contributed by atoms with Crippen molar-refractivity contribution in [1.29, 1.82) is 0 Å². The molecule has 0 fully saturated rings. The first-order valence-corrected chi connectivity index (χ1v) is 13.9. The smallest absolute Gasteiger partial charge is 0.383 e. The van der Waals surface area contributed by atoms with Crippen LogP contribution in [0.15, 0.2) is 0 Å². The van der Waals surface area contributed by atoms with Gasteiger partial charge in [0.25, 0.3) is 0 Å². The molecular weight excluding hydrogens is 450 g/mol. The van der Waals surface area contributed by atoms with Gasteiger partial charge >= 0.3 is 17.8 Å². The molecule has 0 aromatic heterocycles. The average molecular weight is 504 g/mol. The van der Waals surface area contributed by atoms with Gasteiger partial charge in [-0.15, -0.1) is 0 Å². The molecule has 0 rings (SSSR count). The molecule has 0 amide bonds. The van der Waals surface area contributed by atoms with Crippen molar-refractivity contribution in [3.63, 3.8) is 0 Å².